The lowest BCUT2D eigenvalue weighted by atomic mass is 10.1. The van der Waals surface area contributed by atoms with Gasteiger partial charge in [0.2, 0.25) is 0 Å². The molecule has 0 saturated heterocycles. The number of nitrogens with zero attached hydrogens (tertiary/aromatic N) is 2. The zero-order valence-corrected chi connectivity index (χ0v) is 11.9. The van der Waals surface area contributed by atoms with Gasteiger partial charge in [-0.25, -0.2) is 14.4 Å². The summed E-state index contributed by atoms with van der Waals surface area (Å²) in [5, 5.41) is 4.71. The predicted octanol–water partition coefficient (Wildman–Crippen LogP) is 4.08. The molecule has 0 fully saturated rings. The molecule has 1 N–H and O–H groups in total. The van der Waals surface area contributed by atoms with Crippen LogP contribution in [-0.2, 0) is 6.42 Å². The van der Waals surface area contributed by atoms with Crippen LogP contribution in [0, 0.1) is 5.82 Å². The predicted molar refractivity (Wildman–Crippen MR) is 83.1 cm³/mol. The van der Waals surface area contributed by atoms with Crippen molar-refractivity contribution >= 4 is 28.3 Å². The van der Waals surface area contributed by atoms with Gasteiger partial charge < -0.3 is 5.32 Å². The number of nitrogens with one attached hydrogen (secondary N) is 1. The molecule has 3 rings (SSSR count). The maximum absolute atomic E-state index is 13.6. The van der Waals surface area contributed by atoms with E-state index in [9.17, 15) is 4.39 Å². The summed E-state index contributed by atoms with van der Waals surface area (Å²) in [5.74, 6) is 0.522. The zero-order chi connectivity index (χ0) is 14.7. The van der Waals surface area contributed by atoms with Crippen LogP contribution in [0.15, 0.2) is 48.8 Å². The van der Waals surface area contributed by atoms with Crippen molar-refractivity contribution in [1.29, 1.82) is 0 Å². The number of halogens is 2. The van der Waals surface area contributed by atoms with E-state index in [-0.39, 0.29) is 5.82 Å². The Morgan fingerprint density at radius 2 is 1.95 bits per heavy atom. The number of aromatic nitrogens is 2. The van der Waals surface area contributed by atoms with E-state index in [0.29, 0.717) is 29.4 Å². The molecular weight excluding hydrogens is 289 g/mol. The molecule has 0 aliphatic rings. The van der Waals surface area contributed by atoms with E-state index < -0.39 is 0 Å². The van der Waals surface area contributed by atoms with Crippen LogP contribution >= 0.6 is 11.6 Å². The van der Waals surface area contributed by atoms with Crippen molar-refractivity contribution in [2.24, 2.45) is 0 Å². The standard InChI is InChI=1S/C16H13ClFN3/c17-12-5-6-15-13(9-12)16(21-10-20-15)19-8-7-11-3-1-2-4-14(11)18/h1-6,9-10H,7-8H2,(H,19,20,21). The van der Waals surface area contributed by atoms with Crippen LogP contribution in [0.25, 0.3) is 10.9 Å². The lowest BCUT2D eigenvalue weighted by Crippen LogP contribution is -2.08. The third-order valence-corrected chi connectivity index (χ3v) is 3.48. The number of rotatable bonds is 4. The Morgan fingerprint density at radius 1 is 1.10 bits per heavy atom. The first-order chi connectivity index (χ1) is 10.2. The van der Waals surface area contributed by atoms with Gasteiger partial charge in [-0.1, -0.05) is 29.8 Å². The molecular formula is C16H13ClFN3. The third-order valence-electron chi connectivity index (χ3n) is 3.24. The molecule has 0 aliphatic heterocycles. The van der Waals surface area contributed by atoms with Gasteiger partial charge in [0.1, 0.15) is 18.0 Å². The maximum atomic E-state index is 13.6. The van der Waals surface area contributed by atoms with Crippen molar-refractivity contribution in [3.63, 3.8) is 0 Å². The van der Waals surface area contributed by atoms with Gasteiger partial charge in [0.25, 0.3) is 0 Å². The van der Waals surface area contributed by atoms with Crippen LogP contribution in [0.2, 0.25) is 5.02 Å². The second kappa shape index (κ2) is 6.06. The van der Waals surface area contributed by atoms with Crippen LogP contribution in [-0.4, -0.2) is 16.5 Å². The summed E-state index contributed by atoms with van der Waals surface area (Å²) in [4.78, 5) is 8.42. The van der Waals surface area contributed by atoms with Crippen LogP contribution < -0.4 is 5.32 Å². The second-order valence-electron chi connectivity index (χ2n) is 4.65. The van der Waals surface area contributed by atoms with Crippen LogP contribution in [0.3, 0.4) is 0 Å². The molecule has 0 unspecified atom stereocenters. The minimum atomic E-state index is -0.185. The largest absolute Gasteiger partial charge is 0.369 e. The smallest absolute Gasteiger partial charge is 0.137 e. The van der Waals surface area contributed by atoms with E-state index >= 15 is 0 Å². The minimum absolute atomic E-state index is 0.185. The molecule has 21 heavy (non-hydrogen) atoms. The fourth-order valence-corrected chi connectivity index (χ4v) is 2.36. The Bertz CT molecular complexity index is 776. The number of hydrogen-bond donors (Lipinski definition) is 1. The van der Waals surface area contributed by atoms with E-state index in [1.807, 2.05) is 18.2 Å². The molecule has 0 spiro atoms. The Hall–Kier alpha value is -2.20. The molecule has 0 bridgehead atoms. The first-order valence-corrected chi connectivity index (χ1v) is 6.99. The topological polar surface area (TPSA) is 37.8 Å². The summed E-state index contributed by atoms with van der Waals surface area (Å²) in [7, 11) is 0. The molecule has 1 aromatic heterocycles. The van der Waals surface area contributed by atoms with Gasteiger partial charge in [-0.3, -0.25) is 0 Å². The highest BCUT2D eigenvalue weighted by Crippen LogP contribution is 2.22. The number of fused-ring (bicyclic) bond motifs is 1. The Kier molecular flexibility index (Phi) is 3.97. The first-order valence-electron chi connectivity index (χ1n) is 6.61. The number of anilines is 1. The summed E-state index contributed by atoms with van der Waals surface area (Å²) in [5.41, 5.74) is 1.50. The first kappa shape index (κ1) is 13.8. The van der Waals surface area contributed by atoms with E-state index in [2.05, 4.69) is 15.3 Å². The molecule has 0 atom stereocenters. The molecule has 3 aromatic rings. The normalized spacial score (nSPS) is 10.8. The van der Waals surface area contributed by atoms with Gasteiger partial charge in [-0.05, 0) is 36.2 Å². The van der Waals surface area contributed by atoms with Crippen LogP contribution in [0.1, 0.15) is 5.56 Å². The van der Waals surface area contributed by atoms with Gasteiger partial charge in [-0.15, -0.1) is 0 Å². The number of hydrogen-bond acceptors (Lipinski definition) is 3. The van der Waals surface area contributed by atoms with Crippen molar-refractivity contribution in [1.82, 2.24) is 9.97 Å². The Balaban J connectivity index is 1.77. The fraction of sp³-hybridized carbons (Fsp3) is 0.125. The third kappa shape index (κ3) is 3.11. The van der Waals surface area contributed by atoms with Crippen LogP contribution in [0.4, 0.5) is 10.2 Å². The fourth-order valence-electron chi connectivity index (χ4n) is 2.19. The summed E-state index contributed by atoms with van der Waals surface area (Å²) in [6.07, 6.45) is 2.08. The highest BCUT2D eigenvalue weighted by atomic mass is 35.5. The monoisotopic (exact) mass is 301 g/mol. The highest BCUT2D eigenvalue weighted by Gasteiger charge is 2.05. The van der Waals surface area contributed by atoms with Gasteiger partial charge in [-0.2, -0.15) is 0 Å². The SMILES string of the molecule is Fc1ccccc1CCNc1ncnc2ccc(Cl)cc12. The zero-order valence-electron chi connectivity index (χ0n) is 11.2. The molecule has 0 aliphatic carbocycles. The van der Waals surface area contributed by atoms with Crippen molar-refractivity contribution in [2.45, 2.75) is 6.42 Å². The van der Waals surface area contributed by atoms with E-state index in [1.54, 1.807) is 18.2 Å². The van der Waals surface area contributed by atoms with E-state index in [1.165, 1.54) is 12.4 Å². The van der Waals surface area contributed by atoms with Crippen molar-refractivity contribution in [2.75, 3.05) is 11.9 Å². The average molecular weight is 302 g/mol. The van der Waals surface area contributed by atoms with Gasteiger partial charge >= 0.3 is 0 Å². The molecule has 3 nitrogen and oxygen atoms in total. The summed E-state index contributed by atoms with van der Waals surface area (Å²) in [6, 6.07) is 12.2. The quantitative estimate of drug-likeness (QED) is 0.789. The molecule has 0 amide bonds. The lowest BCUT2D eigenvalue weighted by Gasteiger charge is -2.09. The van der Waals surface area contributed by atoms with Crippen molar-refractivity contribution in [3.05, 3.63) is 65.2 Å². The summed E-state index contributed by atoms with van der Waals surface area (Å²) >= 11 is 6.01. The molecule has 2 aromatic carbocycles. The average Bonchev–Trinajstić information content (AvgIpc) is 2.49. The molecule has 5 heteroatoms. The van der Waals surface area contributed by atoms with Gasteiger partial charge in [0.15, 0.2) is 0 Å². The Morgan fingerprint density at radius 3 is 2.81 bits per heavy atom. The van der Waals surface area contributed by atoms with Crippen molar-refractivity contribution < 1.29 is 4.39 Å². The summed E-state index contributed by atoms with van der Waals surface area (Å²) < 4.78 is 13.6. The minimum Gasteiger partial charge on any atom is -0.369 e. The maximum Gasteiger partial charge on any atom is 0.137 e. The second-order valence-corrected chi connectivity index (χ2v) is 5.09. The molecule has 1 heterocycles. The van der Waals surface area contributed by atoms with Gasteiger partial charge in [0, 0.05) is 17.0 Å². The van der Waals surface area contributed by atoms with Gasteiger partial charge in [0.05, 0.1) is 5.52 Å². The molecule has 0 saturated carbocycles. The molecule has 106 valence electrons. The number of benzene rings is 2. The van der Waals surface area contributed by atoms with Crippen molar-refractivity contribution in [3.8, 4) is 0 Å². The Labute approximate surface area is 126 Å². The van der Waals surface area contributed by atoms with E-state index in [0.717, 1.165) is 10.9 Å². The summed E-state index contributed by atoms with van der Waals surface area (Å²) in [6.45, 7) is 0.583. The highest BCUT2D eigenvalue weighted by molar-refractivity contribution is 6.31. The molecule has 0 radical (unpaired) electrons. The lowest BCUT2D eigenvalue weighted by molar-refractivity contribution is 0.610. The van der Waals surface area contributed by atoms with Crippen LogP contribution in [0.5, 0.6) is 0 Å². The van der Waals surface area contributed by atoms with E-state index in [4.69, 9.17) is 11.6 Å².